The number of hydrogen-bond donors (Lipinski definition) is 1. The van der Waals surface area contributed by atoms with Crippen molar-refractivity contribution in [2.45, 2.75) is 19.1 Å². The lowest BCUT2D eigenvalue weighted by Crippen LogP contribution is -2.26. The highest BCUT2D eigenvalue weighted by Crippen LogP contribution is 2.28. The van der Waals surface area contributed by atoms with E-state index in [4.69, 9.17) is 0 Å². The number of allylic oxidation sites excluding steroid dienone is 1. The van der Waals surface area contributed by atoms with E-state index in [-0.39, 0.29) is 6.54 Å². The number of aliphatic hydroxyl groups excluding tert-OH is 1. The quantitative estimate of drug-likeness (QED) is 0.365. The van der Waals surface area contributed by atoms with Gasteiger partial charge in [0.05, 0.1) is 32.9 Å². The summed E-state index contributed by atoms with van der Waals surface area (Å²) in [6, 6.07) is 8.43. The fourth-order valence-corrected chi connectivity index (χ4v) is 1.80. The van der Waals surface area contributed by atoms with E-state index in [1.807, 2.05) is 0 Å². The third-order valence-electron chi connectivity index (χ3n) is 3.02. The molecule has 0 saturated carbocycles. The number of esters is 2. The number of carbonyl (C=O) groups is 2. The molecule has 0 atom stereocenters. The third-order valence-corrected chi connectivity index (χ3v) is 3.02. The van der Waals surface area contributed by atoms with Gasteiger partial charge in [-0.3, -0.25) is 9.79 Å². The monoisotopic (exact) mass is 359 g/mol. The number of carbonyl (C=O) groups excluding carboxylic acids is 2. The van der Waals surface area contributed by atoms with Gasteiger partial charge in [0, 0.05) is 0 Å². The smallest absolute Gasteiger partial charge is 0.449 e. The summed E-state index contributed by atoms with van der Waals surface area (Å²) in [5.74, 6) is -4.58. The van der Waals surface area contributed by atoms with Gasteiger partial charge in [-0.05, 0) is 5.56 Å². The third kappa shape index (κ3) is 5.94. The molecular formula is C16H16F3NO5. The molecular weight excluding hydrogens is 343 g/mol. The van der Waals surface area contributed by atoms with Crippen molar-refractivity contribution >= 4 is 17.7 Å². The molecule has 6 nitrogen and oxygen atoms in total. The Morgan fingerprint density at radius 3 is 2.20 bits per heavy atom. The number of aliphatic imine (C=N–C) groups is 1. The summed E-state index contributed by atoms with van der Waals surface area (Å²) in [6.07, 6.45) is -5.96. The molecule has 0 saturated heterocycles. The van der Waals surface area contributed by atoms with E-state index in [1.54, 1.807) is 30.3 Å². The van der Waals surface area contributed by atoms with Crippen LogP contribution in [0.5, 0.6) is 0 Å². The molecule has 0 unspecified atom stereocenters. The summed E-state index contributed by atoms with van der Waals surface area (Å²) in [5.41, 5.74) is -1.19. The van der Waals surface area contributed by atoms with Crippen molar-refractivity contribution in [2.75, 3.05) is 14.2 Å². The minimum absolute atomic E-state index is 0.112. The van der Waals surface area contributed by atoms with Crippen LogP contribution in [0.25, 0.3) is 0 Å². The SMILES string of the molecule is COC(=O)CC(=NCc1ccccc1)/C(C(=O)OC)=C(\O)C(F)(F)F. The van der Waals surface area contributed by atoms with Gasteiger partial charge in [0.1, 0.15) is 5.57 Å². The molecule has 0 bridgehead atoms. The number of hydrogen-bond acceptors (Lipinski definition) is 6. The Hall–Kier alpha value is -2.84. The van der Waals surface area contributed by atoms with E-state index >= 15 is 0 Å². The zero-order valence-corrected chi connectivity index (χ0v) is 13.5. The van der Waals surface area contributed by atoms with Crippen molar-refractivity contribution in [3.8, 4) is 0 Å². The Bertz CT molecular complexity index is 681. The van der Waals surface area contributed by atoms with Gasteiger partial charge in [-0.25, -0.2) is 4.79 Å². The van der Waals surface area contributed by atoms with Crippen molar-refractivity contribution in [2.24, 2.45) is 4.99 Å². The van der Waals surface area contributed by atoms with Crippen molar-refractivity contribution in [3.05, 3.63) is 47.2 Å². The first-order valence-electron chi connectivity index (χ1n) is 6.93. The lowest BCUT2D eigenvalue weighted by atomic mass is 10.1. The van der Waals surface area contributed by atoms with Crippen LogP contribution in [0.4, 0.5) is 13.2 Å². The van der Waals surface area contributed by atoms with E-state index < -0.39 is 41.6 Å². The maximum Gasteiger partial charge on any atom is 0.449 e. The number of benzene rings is 1. The average molecular weight is 359 g/mol. The van der Waals surface area contributed by atoms with Crippen LogP contribution in [0, 0.1) is 0 Å². The molecule has 0 aliphatic rings. The molecule has 1 N–H and O–H groups in total. The van der Waals surface area contributed by atoms with Crippen LogP contribution in [0.3, 0.4) is 0 Å². The van der Waals surface area contributed by atoms with Gasteiger partial charge in [-0.1, -0.05) is 30.3 Å². The van der Waals surface area contributed by atoms with Crippen LogP contribution < -0.4 is 0 Å². The second kappa shape index (κ2) is 8.86. The zero-order chi connectivity index (χ0) is 19.0. The summed E-state index contributed by atoms with van der Waals surface area (Å²) in [4.78, 5) is 27.1. The first kappa shape index (κ1) is 20.2. The highest BCUT2D eigenvalue weighted by molar-refractivity contribution is 6.23. The fraction of sp³-hybridized carbons (Fsp3) is 0.312. The van der Waals surface area contributed by atoms with Gasteiger partial charge in [0.2, 0.25) is 5.76 Å². The lowest BCUT2D eigenvalue weighted by molar-refractivity contribution is -0.140. The first-order chi connectivity index (χ1) is 11.7. The van der Waals surface area contributed by atoms with Gasteiger partial charge < -0.3 is 14.6 Å². The van der Waals surface area contributed by atoms with Gasteiger partial charge >= 0.3 is 18.1 Å². The molecule has 136 valence electrons. The van der Waals surface area contributed by atoms with Gasteiger partial charge in [-0.2, -0.15) is 13.2 Å². The molecule has 0 aliphatic carbocycles. The molecule has 0 aromatic heterocycles. The van der Waals surface area contributed by atoms with Crippen LogP contribution in [-0.4, -0.2) is 43.2 Å². The van der Waals surface area contributed by atoms with Crippen LogP contribution in [0.1, 0.15) is 12.0 Å². The van der Waals surface area contributed by atoms with Gasteiger partial charge in [0.25, 0.3) is 0 Å². The Balaban J connectivity index is 3.39. The number of nitrogens with zero attached hydrogens (tertiary/aromatic N) is 1. The molecule has 0 spiro atoms. The van der Waals surface area contributed by atoms with E-state index in [9.17, 15) is 27.9 Å². The Kier molecular flexibility index (Phi) is 7.16. The van der Waals surface area contributed by atoms with Crippen LogP contribution >= 0.6 is 0 Å². The molecule has 0 amide bonds. The normalized spacial score (nSPS) is 13.1. The Morgan fingerprint density at radius 2 is 1.72 bits per heavy atom. The number of alkyl halides is 3. The van der Waals surface area contributed by atoms with Crippen molar-refractivity contribution in [1.29, 1.82) is 0 Å². The maximum atomic E-state index is 12.9. The van der Waals surface area contributed by atoms with E-state index in [0.29, 0.717) is 5.56 Å². The highest BCUT2D eigenvalue weighted by Gasteiger charge is 2.41. The van der Waals surface area contributed by atoms with E-state index in [2.05, 4.69) is 14.5 Å². The molecule has 1 aromatic carbocycles. The minimum Gasteiger partial charge on any atom is -0.504 e. The Labute approximate surface area is 141 Å². The number of ether oxygens (including phenoxy) is 2. The van der Waals surface area contributed by atoms with Crippen LogP contribution in [-0.2, 0) is 25.6 Å². The minimum atomic E-state index is -5.22. The predicted molar refractivity (Wildman–Crippen MR) is 81.9 cm³/mol. The van der Waals surface area contributed by atoms with E-state index in [1.165, 1.54) is 0 Å². The lowest BCUT2D eigenvalue weighted by Gasteiger charge is -2.13. The van der Waals surface area contributed by atoms with Gasteiger partial charge in [-0.15, -0.1) is 0 Å². The summed E-state index contributed by atoms with van der Waals surface area (Å²) >= 11 is 0. The zero-order valence-electron chi connectivity index (χ0n) is 13.5. The number of rotatable bonds is 6. The second-order valence-corrected chi connectivity index (χ2v) is 4.71. The first-order valence-corrected chi connectivity index (χ1v) is 6.93. The van der Waals surface area contributed by atoms with Crippen LogP contribution in [0.2, 0.25) is 0 Å². The average Bonchev–Trinajstić information content (AvgIpc) is 2.59. The number of halogens is 3. The summed E-state index contributed by atoms with van der Waals surface area (Å²) in [6.45, 7) is -0.112. The molecule has 1 aromatic rings. The maximum absolute atomic E-state index is 12.9. The topological polar surface area (TPSA) is 85.2 Å². The van der Waals surface area contributed by atoms with Gasteiger partial charge in [0.15, 0.2) is 0 Å². The number of methoxy groups -OCH3 is 2. The molecule has 9 heteroatoms. The standard InChI is InChI=1S/C16H16F3NO5/c1-24-12(21)8-11(20-9-10-6-4-3-5-7-10)13(15(23)25-2)14(22)16(17,18)19/h3-7,22H,8-9H2,1-2H3/b14-13+,20-11?. The summed E-state index contributed by atoms with van der Waals surface area (Å²) in [7, 11) is 1.88. The summed E-state index contributed by atoms with van der Waals surface area (Å²) in [5, 5.41) is 9.42. The molecule has 25 heavy (non-hydrogen) atoms. The van der Waals surface area contributed by atoms with Crippen molar-refractivity contribution in [3.63, 3.8) is 0 Å². The highest BCUT2D eigenvalue weighted by atomic mass is 19.4. The molecule has 1 rings (SSSR count). The van der Waals surface area contributed by atoms with Crippen molar-refractivity contribution in [1.82, 2.24) is 0 Å². The van der Waals surface area contributed by atoms with E-state index in [0.717, 1.165) is 14.2 Å². The molecule has 0 heterocycles. The second-order valence-electron chi connectivity index (χ2n) is 4.71. The van der Waals surface area contributed by atoms with Crippen molar-refractivity contribution < 1.29 is 37.3 Å². The fourth-order valence-electron chi connectivity index (χ4n) is 1.80. The largest absolute Gasteiger partial charge is 0.504 e. The number of aliphatic hydroxyl groups is 1. The Morgan fingerprint density at radius 1 is 1.12 bits per heavy atom. The van der Waals surface area contributed by atoms with Crippen LogP contribution in [0.15, 0.2) is 46.7 Å². The summed E-state index contributed by atoms with van der Waals surface area (Å²) < 4.78 is 47.2. The molecule has 0 fully saturated rings. The predicted octanol–water partition coefficient (Wildman–Crippen LogP) is 2.74. The molecule has 0 radical (unpaired) electrons. The molecule has 0 aliphatic heterocycles.